The molecule has 0 aliphatic heterocycles. The van der Waals surface area contributed by atoms with E-state index in [0.29, 0.717) is 0 Å². The molecular formula is C16H18BrNO. The molecule has 0 aliphatic carbocycles. The molecule has 0 atom stereocenters. The van der Waals surface area contributed by atoms with E-state index in [9.17, 15) is 0 Å². The average Bonchev–Trinajstić information content (AvgIpc) is 2.39. The van der Waals surface area contributed by atoms with Gasteiger partial charge in [0.2, 0.25) is 0 Å². The number of ether oxygens (including phenoxy) is 1. The largest absolute Gasteiger partial charge is 0.497 e. The highest BCUT2D eigenvalue weighted by Gasteiger charge is 2.02. The fourth-order valence-electron chi connectivity index (χ4n) is 1.97. The van der Waals surface area contributed by atoms with Crippen LogP contribution in [0.3, 0.4) is 0 Å². The van der Waals surface area contributed by atoms with E-state index in [4.69, 9.17) is 4.74 Å². The SMILES string of the molecule is COc1cc(Br)cc(NCc2cc(C)ccc2C)c1. The summed E-state index contributed by atoms with van der Waals surface area (Å²) >= 11 is 3.49. The Kier molecular flexibility index (Phi) is 4.48. The van der Waals surface area contributed by atoms with Crippen molar-refractivity contribution in [3.8, 4) is 5.75 Å². The minimum Gasteiger partial charge on any atom is -0.497 e. The van der Waals surface area contributed by atoms with E-state index >= 15 is 0 Å². The molecule has 0 amide bonds. The first-order valence-corrected chi connectivity index (χ1v) is 7.02. The predicted molar refractivity (Wildman–Crippen MR) is 83.9 cm³/mol. The number of rotatable bonds is 4. The average molecular weight is 320 g/mol. The fourth-order valence-corrected chi connectivity index (χ4v) is 2.44. The van der Waals surface area contributed by atoms with Gasteiger partial charge < -0.3 is 10.1 Å². The van der Waals surface area contributed by atoms with Crippen LogP contribution in [0.1, 0.15) is 16.7 Å². The molecule has 0 aliphatic rings. The molecule has 0 fully saturated rings. The summed E-state index contributed by atoms with van der Waals surface area (Å²) in [5, 5.41) is 3.43. The van der Waals surface area contributed by atoms with E-state index in [-0.39, 0.29) is 0 Å². The molecule has 0 saturated carbocycles. The van der Waals surface area contributed by atoms with Gasteiger partial charge in [-0.15, -0.1) is 0 Å². The first-order chi connectivity index (χ1) is 9.08. The van der Waals surface area contributed by atoms with Gasteiger partial charge in [0.15, 0.2) is 0 Å². The lowest BCUT2D eigenvalue weighted by atomic mass is 10.1. The summed E-state index contributed by atoms with van der Waals surface area (Å²) < 4.78 is 6.27. The van der Waals surface area contributed by atoms with Gasteiger partial charge in [0, 0.05) is 22.8 Å². The van der Waals surface area contributed by atoms with Crippen LogP contribution in [0.25, 0.3) is 0 Å². The van der Waals surface area contributed by atoms with Crippen molar-refractivity contribution < 1.29 is 4.74 Å². The lowest BCUT2D eigenvalue weighted by molar-refractivity contribution is 0.414. The summed E-state index contributed by atoms with van der Waals surface area (Å²) in [6, 6.07) is 12.5. The minimum atomic E-state index is 0.813. The number of halogens is 1. The van der Waals surface area contributed by atoms with Crippen molar-refractivity contribution in [3.05, 3.63) is 57.6 Å². The molecule has 2 aromatic rings. The van der Waals surface area contributed by atoms with E-state index in [1.807, 2.05) is 18.2 Å². The zero-order valence-corrected chi connectivity index (χ0v) is 13.0. The second-order valence-corrected chi connectivity index (χ2v) is 5.58. The van der Waals surface area contributed by atoms with Crippen molar-refractivity contribution in [1.82, 2.24) is 0 Å². The van der Waals surface area contributed by atoms with Gasteiger partial charge >= 0.3 is 0 Å². The Balaban J connectivity index is 2.14. The Morgan fingerprint density at radius 3 is 2.63 bits per heavy atom. The van der Waals surface area contributed by atoms with Crippen molar-refractivity contribution in [2.24, 2.45) is 0 Å². The first kappa shape index (κ1) is 13.9. The van der Waals surface area contributed by atoms with Crippen LogP contribution >= 0.6 is 15.9 Å². The van der Waals surface area contributed by atoms with Gasteiger partial charge in [0.1, 0.15) is 5.75 Å². The highest BCUT2D eigenvalue weighted by molar-refractivity contribution is 9.10. The number of methoxy groups -OCH3 is 1. The molecule has 2 rings (SSSR count). The van der Waals surface area contributed by atoms with E-state index < -0.39 is 0 Å². The van der Waals surface area contributed by atoms with Crippen molar-refractivity contribution >= 4 is 21.6 Å². The van der Waals surface area contributed by atoms with E-state index in [1.165, 1.54) is 16.7 Å². The van der Waals surface area contributed by atoms with Crippen LogP contribution in [0.4, 0.5) is 5.69 Å². The number of anilines is 1. The Morgan fingerprint density at radius 2 is 1.89 bits per heavy atom. The first-order valence-electron chi connectivity index (χ1n) is 6.23. The van der Waals surface area contributed by atoms with Crippen LogP contribution in [-0.4, -0.2) is 7.11 Å². The molecule has 0 unspecified atom stereocenters. The Labute approximate surface area is 122 Å². The molecule has 100 valence electrons. The highest BCUT2D eigenvalue weighted by Crippen LogP contribution is 2.25. The molecule has 2 nitrogen and oxygen atoms in total. The van der Waals surface area contributed by atoms with Crippen molar-refractivity contribution in [2.45, 2.75) is 20.4 Å². The van der Waals surface area contributed by atoms with Gasteiger partial charge in [0.05, 0.1) is 7.11 Å². The van der Waals surface area contributed by atoms with E-state index in [2.05, 4.69) is 53.3 Å². The number of aryl methyl sites for hydroxylation is 2. The lowest BCUT2D eigenvalue weighted by Crippen LogP contribution is -2.02. The number of hydrogen-bond donors (Lipinski definition) is 1. The van der Waals surface area contributed by atoms with Crippen molar-refractivity contribution in [1.29, 1.82) is 0 Å². The Bertz CT molecular complexity index is 581. The zero-order valence-electron chi connectivity index (χ0n) is 11.5. The predicted octanol–water partition coefficient (Wildman–Crippen LogP) is 4.69. The third-order valence-corrected chi connectivity index (χ3v) is 3.55. The molecule has 0 heterocycles. The maximum atomic E-state index is 5.26. The Morgan fingerprint density at radius 1 is 1.11 bits per heavy atom. The van der Waals surface area contributed by atoms with Crippen molar-refractivity contribution in [3.63, 3.8) is 0 Å². The third kappa shape index (κ3) is 3.74. The smallest absolute Gasteiger partial charge is 0.122 e. The summed E-state index contributed by atoms with van der Waals surface area (Å²) in [5.41, 5.74) is 4.96. The maximum absolute atomic E-state index is 5.26. The topological polar surface area (TPSA) is 21.3 Å². The quantitative estimate of drug-likeness (QED) is 0.883. The van der Waals surface area contributed by atoms with Gasteiger partial charge in [-0.05, 0) is 37.1 Å². The monoisotopic (exact) mass is 319 g/mol. The summed E-state index contributed by atoms with van der Waals surface area (Å²) in [6.45, 7) is 5.07. The van der Waals surface area contributed by atoms with Crippen LogP contribution in [0, 0.1) is 13.8 Å². The summed E-state index contributed by atoms with van der Waals surface area (Å²) in [4.78, 5) is 0. The molecule has 0 radical (unpaired) electrons. The Hall–Kier alpha value is -1.48. The van der Waals surface area contributed by atoms with Crippen molar-refractivity contribution in [2.75, 3.05) is 12.4 Å². The highest BCUT2D eigenvalue weighted by atomic mass is 79.9. The minimum absolute atomic E-state index is 0.813. The van der Waals surface area contributed by atoms with Crippen LogP contribution in [0.15, 0.2) is 40.9 Å². The maximum Gasteiger partial charge on any atom is 0.122 e. The molecule has 0 saturated heterocycles. The molecule has 0 spiro atoms. The number of nitrogens with one attached hydrogen (secondary N) is 1. The zero-order chi connectivity index (χ0) is 13.8. The van der Waals surface area contributed by atoms with Crippen LogP contribution in [0.2, 0.25) is 0 Å². The van der Waals surface area contributed by atoms with Crippen LogP contribution in [0.5, 0.6) is 5.75 Å². The molecule has 0 aromatic heterocycles. The van der Waals surface area contributed by atoms with Gasteiger partial charge in [-0.1, -0.05) is 39.7 Å². The summed E-state index contributed by atoms with van der Waals surface area (Å²) in [5.74, 6) is 0.845. The summed E-state index contributed by atoms with van der Waals surface area (Å²) in [6.07, 6.45) is 0. The third-order valence-electron chi connectivity index (χ3n) is 3.09. The van der Waals surface area contributed by atoms with Gasteiger partial charge in [0.25, 0.3) is 0 Å². The second-order valence-electron chi connectivity index (χ2n) is 4.66. The molecule has 19 heavy (non-hydrogen) atoms. The molecular weight excluding hydrogens is 302 g/mol. The van der Waals surface area contributed by atoms with E-state index in [0.717, 1.165) is 22.5 Å². The molecule has 2 aromatic carbocycles. The number of hydrogen-bond acceptors (Lipinski definition) is 2. The lowest BCUT2D eigenvalue weighted by Gasteiger charge is -2.11. The second kappa shape index (κ2) is 6.11. The van der Waals surface area contributed by atoms with Gasteiger partial charge in [-0.25, -0.2) is 0 Å². The van der Waals surface area contributed by atoms with Crippen LogP contribution in [-0.2, 0) is 6.54 Å². The summed E-state index contributed by atoms with van der Waals surface area (Å²) in [7, 11) is 1.68. The molecule has 3 heteroatoms. The normalized spacial score (nSPS) is 10.3. The van der Waals surface area contributed by atoms with Crippen LogP contribution < -0.4 is 10.1 Å². The van der Waals surface area contributed by atoms with E-state index in [1.54, 1.807) is 7.11 Å². The fraction of sp³-hybridized carbons (Fsp3) is 0.250. The molecule has 1 N–H and O–H groups in total. The van der Waals surface area contributed by atoms with Gasteiger partial charge in [-0.2, -0.15) is 0 Å². The van der Waals surface area contributed by atoms with Gasteiger partial charge in [-0.3, -0.25) is 0 Å². The standard InChI is InChI=1S/C16H18BrNO/c1-11-4-5-12(2)13(6-11)10-18-15-7-14(17)8-16(9-15)19-3/h4-9,18H,10H2,1-3H3. The number of benzene rings is 2. The molecule has 0 bridgehead atoms.